The number of carbonyl (C=O) groups is 2. The van der Waals surface area contributed by atoms with Gasteiger partial charge in [0.25, 0.3) is 5.91 Å². The predicted octanol–water partition coefficient (Wildman–Crippen LogP) is 7.75. The van der Waals surface area contributed by atoms with Crippen LogP contribution in [-0.4, -0.2) is 72.2 Å². The monoisotopic (exact) mass is 784 g/mol. The number of aromatic amines is 1. The van der Waals surface area contributed by atoms with Crippen LogP contribution in [0.3, 0.4) is 0 Å². The maximum absolute atomic E-state index is 15.2. The van der Waals surface area contributed by atoms with Crippen molar-refractivity contribution < 1.29 is 41.0 Å². The van der Waals surface area contributed by atoms with Crippen LogP contribution in [-0.2, 0) is 19.6 Å². The van der Waals surface area contributed by atoms with Crippen LogP contribution in [0.2, 0.25) is 0 Å². The number of nitrogens with one attached hydrogen (secondary N) is 1. The molecular formula is C39H43F3N4O6S2. The number of sulfonamides is 1. The molecule has 5 rings (SSSR count). The first-order valence-corrected chi connectivity index (χ1v) is 19.4. The van der Waals surface area contributed by atoms with Crippen LogP contribution in [0.15, 0.2) is 108 Å². The van der Waals surface area contributed by atoms with Crippen LogP contribution in [0.1, 0.15) is 66.1 Å². The number of halogens is 3. The second kappa shape index (κ2) is 16.4. The van der Waals surface area contributed by atoms with Gasteiger partial charge < -0.3 is 20.6 Å². The second-order valence-electron chi connectivity index (χ2n) is 14.0. The van der Waals surface area contributed by atoms with E-state index in [-0.39, 0.29) is 26.6 Å². The number of carbonyl (C=O) groups excluding carboxylic acids is 2. The van der Waals surface area contributed by atoms with Gasteiger partial charge in [-0.25, -0.2) is 18.1 Å². The number of imide groups is 1. The lowest BCUT2D eigenvalue weighted by molar-refractivity contribution is -0.186. The fourth-order valence-corrected chi connectivity index (χ4v) is 9.25. The minimum absolute atomic E-state index is 0.0205. The lowest BCUT2D eigenvalue weighted by atomic mass is 9.84. The molecule has 2 heterocycles. The molecule has 2 amide bonds. The number of nitrogens with two attached hydrogens (primary N) is 1. The summed E-state index contributed by atoms with van der Waals surface area (Å²) in [7, 11) is -3.46. The highest BCUT2D eigenvalue weighted by atomic mass is 32.2. The summed E-state index contributed by atoms with van der Waals surface area (Å²) in [5.74, 6) is -2.28. The molecule has 0 radical (unpaired) electrons. The van der Waals surface area contributed by atoms with Crippen molar-refractivity contribution in [1.29, 1.82) is 0 Å². The molecule has 0 saturated carbocycles. The van der Waals surface area contributed by atoms with E-state index >= 15 is 13.2 Å². The number of methoxy groups -OCH3 is 1. The lowest BCUT2D eigenvalue weighted by Crippen LogP contribution is -2.53. The molecule has 0 bridgehead atoms. The Bertz CT molecular complexity index is 2110. The van der Waals surface area contributed by atoms with Gasteiger partial charge >= 0.3 is 12.3 Å². The summed E-state index contributed by atoms with van der Waals surface area (Å²) in [5.41, 5.74) is 7.95. The van der Waals surface area contributed by atoms with Gasteiger partial charge in [-0.1, -0.05) is 81.4 Å². The molecule has 0 aliphatic rings. The van der Waals surface area contributed by atoms with Gasteiger partial charge in [0.15, 0.2) is 6.04 Å². The molecule has 0 spiro atoms. The summed E-state index contributed by atoms with van der Waals surface area (Å²) < 4.78 is 80.2. The van der Waals surface area contributed by atoms with Gasteiger partial charge in [-0.05, 0) is 59.4 Å². The zero-order valence-corrected chi connectivity index (χ0v) is 31.8. The van der Waals surface area contributed by atoms with E-state index in [1.54, 1.807) is 79.0 Å². The van der Waals surface area contributed by atoms with Crippen LogP contribution in [0.4, 0.5) is 18.0 Å². The number of thiophene rings is 1. The quantitative estimate of drug-likeness (QED) is 0.111. The third-order valence-corrected chi connectivity index (χ3v) is 12.3. The number of aliphatic hydroxyl groups is 1. The Morgan fingerprint density at radius 3 is 2.04 bits per heavy atom. The van der Waals surface area contributed by atoms with Crippen molar-refractivity contribution in [1.82, 2.24) is 14.2 Å². The molecular weight excluding hydrogens is 742 g/mol. The molecule has 4 N–H and O–H groups in total. The molecule has 288 valence electrons. The van der Waals surface area contributed by atoms with Crippen molar-refractivity contribution >= 4 is 44.3 Å². The summed E-state index contributed by atoms with van der Waals surface area (Å²) in [6.07, 6.45) is -4.79. The van der Waals surface area contributed by atoms with Crippen molar-refractivity contribution in [2.45, 2.75) is 62.3 Å². The molecule has 0 aliphatic heterocycles. The number of rotatable bonds is 13. The molecule has 15 heteroatoms. The summed E-state index contributed by atoms with van der Waals surface area (Å²) >= 11 is 0.530. The average molecular weight is 785 g/mol. The number of aromatic nitrogens is 1. The first kappa shape index (κ1) is 40.6. The van der Waals surface area contributed by atoms with Crippen molar-refractivity contribution in [2.24, 2.45) is 11.1 Å². The topological polar surface area (TPSA) is 146 Å². The Morgan fingerprint density at radius 2 is 1.50 bits per heavy atom. The van der Waals surface area contributed by atoms with E-state index in [2.05, 4.69) is 4.98 Å². The Kier molecular flexibility index (Phi) is 12.4. The van der Waals surface area contributed by atoms with E-state index in [0.717, 1.165) is 17.5 Å². The number of aliphatic hydroxyl groups excluding tert-OH is 1. The molecule has 0 unspecified atom stereocenters. The van der Waals surface area contributed by atoms with E-state index in [1.807, 2.05) is 20.8 Å². The van der Waals surface area contributed by atoms with E-state index < -0.39 is 63.7 Å². The van der Waals surface area contributed by atoms with Crippen LogP contribution in [0, 0.1) is 5.41 Å². The minimum Gasteiger partial charge on any atom is -0.452 e. The molecule has 0 fully saturated rings. The molecule has 0 saturated heterocycles. The first-order chi connectivity index (χ1) is 25.5. The van der Waals surface area contributed by atoms with E-state index in [4.69, 9.17) is 10.5 Å². The molecule has 0 aliphatic carbocycles. The van der Waals surface area contributed by atoms with Crippen LogP contribution >= 0.6 is 11.3 Å². The lowest BCUT2D eigenvalue weighted by Gasteiger charge is -2.34. The SMILES string of the molecule is COC(=O)N(C(=O)[C@@H](N)C(c1ccccc1)c1ccccc1)[C@H](c1ccc([C@@H](CO)N(CCC(C)(C)C)S(=O)(=O)c2ccc3[nH]ccc3c2)s1)C(F)(F)F. The number of fused-ring (bicyclic) bond motifs is 1. The summed E-state index contributed by atoms with van der Waals surface area (Å²) in [6, 6.07) is 19.8. The molecule has 3 atom stereocenters. The zero-order valence-electron chi connectivity index (χ0n) is 30.2. The molecule has 5 aromatic rings. The highest BCUT2D eigenvalue weighted by Crippen LogP contribution is 2.44. The van der Waals surface area contributed by atoms with E-state index in [9.17, 15) is 23.1 Å². The largest absolute Gasteiger partial charge is 0.452 e. The van der Waals surface area contributed by atoms with Gasteiger partial charge in [0, 0.05) is 39.3 Å². The van der Waals surface area contributed by atoms with Crippen molar-refractivity contribution in [3.8, 4) is 0 Å². The maximum Gasteiger partial charge on any atom is 0.417 e. The highest BCUT2D eigenvalue weighted by Gasteiger charge is 2.52. The number of H-pyrrole nitrogens is 1. The van der Waals surface area contributed by atoms with Crippen molar-refractivity contribution in [3.63, 3.8) is 0 Å². The highest BCUT2D eigenvalue weighted by molar-refractivity contribution is 7.89. The first-order valence-electron chi connectivity index (χ1n) is 17.1. The van der Waals surface area contributed by atoms with Gasteiger partial charge in [0.2, 0.25) is 10.0 Å². The van der Waals surface area contributed by atoms with E-state index in [1.165, 1.54) is 18.2 Å². The van der Waals surface area contributed by atoms with Crippen molar-refractivity contribution in [2.75, 3.05) is 20.3 Å². The summed E-state index contributed by atoms with van der Waals surface area (Å²) in [5, 5.41) is 11.4. The molecule has 3 aromatic carbocycles. The average Bonchev–Trinajstić information content (AvgIpc) is 3.81. The maximum atomic E-state index is 15.2. The number of alkyl halides is 3. The number of ether oxygens (including phenoxy) is 1. The standard InChI is InChI=1S/C39H43F3N4O6S2/c1-38(2,3)20-22-45(54(50,51)28-15-16-29-27(23-28)19-21-44-29)30(24-47)31-17-18-32(53-31)35(39(40,41)42)46(37(49)52-4)36(48)34(43)33(25-11-7-5-8-12-25)26-13-9-6-10-14-26/h5-19,21,23,30,33-35,44,47H,20,22,24,43H2,1-4H3/t30-,34+,35-/m1/s1. The van der Waals surface area contributed by atoms with Gasteiger partial charge in [0.1, 0.15) is 0 Å². The second-order valence-corrected chi connectivity index (χ2v) is 17.1. The fourth-order valence-electron chi connectivity index (χ4n) is 6.32. The van der Waals surface area contributed by atoms with Crippen LogP contribution < -0.4 is 5.73 Å². The number of amides is 2. The Balaban J connectivity index is 1.57. The zero-order chi connectivity index (χ0) is 39.4. The predicted molar refractivity (Wildman–Crippen MR) is 201 cm³/mol. The molecule has 10 nitrogen and oxygen atoms in total. The van der Waals surface area contributed by atoms with Gasteiger partial charge in [-0.15, -0.1) is 11.3 Å². The van der Waals surface area contributed by atoms with Gasteiger partial charge in [-0.3, -0.25) is 4.79 Å². The third-order valence-electron chi connectivity index (χ3n) is 9.12. The van der Waals surface area contributed by atoms with Gasteiger partial charge in [-0.2, -0.15) is 17.5 Å². The fraction of sp³-hybridized carbons (Fsp3) is 0.333. The number of benzene rings is 3. The van der Waals surface area contributed by atoms with Crippen molar-refractivity contribution in [3.05, 3.63) is 124 Å². The third kappa shape index (κ3) is 8.87. The Hall–Kier alpha value is -4.54. The number of hydrogen-bond acceptors (Lipinski definition) is 8. The Labute approximate surface area is 316 Å². The van der Waals surface area contributed by atoms with E-state index in [0.29, 0.717) is 39.8 Å². The summed E-state index contributed by atoms with van der Waals surface area (Å²) in [6.45, 7) is 4.90. The minimum atomic E-state index is -5.22. The molecule has 54 heavy (non-hydrogen) atoms. The number of nitrogens with zero attached hydrogens (tertiary/aromatic N) is 2. The van der Waals surface area contributed by atoms with Crippen LogP contribution in [0.25, 0.3) is 10.9 Å². The normalized spacial score (nSPS) is 14.3. The van der Waals surface area contributed by atoms with Gasteiger partial charge in [0.05, 0.1) is 30.7 Å². The van der Waals surface area contributed by atoms with Crippen LogP contribution in [0.5, 0.6) is 0 Å². The smallest absolute Gasteiger partial charge is 0.417 e. The Morgan fingerprint density at radius 1 is 0.907 bits per heavy atom. The number of hydrogen-bond donors (Lipinski definition) is 3. The summed E-state index contributed by atoms with van der Waals surface area (Å²) in [4.78, 5) is 30.0. The molecule has 2 aromatic heterocycles.